The van der Waals surface area contributed by atoms with Crippen molar-refractivity contribution >= 4 is 51.3 Å². The van der Waals surface area contributed by atoms with Crippen LogP contribution in [0.2, 0.25) is 10.0 Å². The van der Waals surface area contributed by atoms with E-state index >= 15 is 4.39 Å². The fourth-order valence-electron chi connectivity index (χ4n) is 6.99. The van der Waals surface area contributed by atoms with Crippen molar-refractivity contribution in [3.63, 3.8) is 0 Å². The maximum atomic E-state index is 16.2. The van der Waals surface area contributed by atoms with Crippen LogP contribution in [0.3, 0.4) is 0 Å². The minimum atomic E-state index is -0.441. The largest absolute Gasteiger partial charge is 0.399 e. The highest BCUT2D eigenvalue weighted by molar-refractivity contribution is 6.43. The van der Waals surface area contributed by atoms with E-state index in [-0.39, 0.29) is 13.0 Å². The smallest absolute Gasteiger partial charge is 0.157 e. The number of benzene rings is 2. The van der Waals surface area contributed by atoms with Crippen LogP contribution >= 0.6 is 23.2 Å². The molecule has 1 atom stereocenters. The van der Waals surface area contributed by atoms with Gasteiger partial charge in [0.1, 0.15) is 11.8 Å². The minimum absolute atomic E-state index is 0.151. The number of nitriles is 1. The molecule has 2 aromatic heterocycles. The van der Waals surface area contributed by atoms with Gasteiger partial charge in [-0.1, -0.05) is 35.3 Å². The predicted molar refractivity (Wildman–Crippen MR) is 207 cm³/mol. The number of nitrogens with zero attached hydrogens (tertiary/aromatic N) is 4. The highest BCUT2D eigenvalue weighted by Gasteiger charge is 2.35. The highest BCUT2D eigenvalue weighted by Crippen LogP contribution is 2.42. The first-order valence-electron chi connectivity index (χ1n) is 17.8. The Kier molecular flexibility index (Phi) is 13.5. The first kappa shape index (κ1) is 39.4. The summed E-state index contributed by atoms with van der Waals surface area (Å²) in [6, 6.07) is 12.7. The number of rotatable bonds is 7. The Balaban J connectivity index is 0.000000221. The number of likely N-dealkylation sites (tertiary alicyclic amines) is 1. The highest BCUT2D eigenvalue weighted by atomic mass is 35.5. The lowest BCUT2D eigenvalue weighted by atomic mass is 9.87. The molecular weight excluding hydrogens is 702 g/mol. The van der Waals surface area contributed by atoms with Gasteiger partial charge < -0.3 is 30.9 Å². The number of pyridine rings is 1. The van der Waals surface area contributed by atoms with Gasteiger partial charge in [0, 0.05) is 71.0 Å². The molecule has 13 heteroatoms. The molecule has 4 aromatic rings. The molecule has 5 fully saturated rings. The standard InChI is InChI=1S/C26H23Cl2FN4.C5H9N.C4H11N3O.C4H6O/c1-14-17-13-20(21-9-5-11-33(21)2)32-25(17)18-12-15(6-4-10-30)22(24(29)26(18)31-14)16-7-3-8-19(27)23(16)28;1-4-2-5(1)6-3-4;1-7(6)2-4(5)3-8;5-3-4-1-2-4/h3,7-8,12-13,21,32H,4-6,9,11H2,1-2H3;4-6H,1-3H2;2,8H,3,5-6H2,1H3;3-4H,1-2H2/b;;4-2-;. The number of aromatic nitrogens is 2. The number of H-pyrrole nitrogens is 1. The maximum Gasteiger partial charge on any atom is 0.157 e. The van der Waals surface area contributed by atoms with Gasteiger partial charge in [0.2, 0.25) is 0 Å². The Hall–Kier alpha value is -3.76. The number of nitrogens with one attached hydrogen (secondary N) is 2. The molecule has 52 heavy (non-hydrogen) atoms. The van der Waals surface area contributed by atoms with Crippen LogP contribution in [0.15, 0.2) is 42.2 Å². The lowest BCUT2D eigenvalue weighted by Crippen LogP contribution is -2.23. The molecule has 2 aromatic carbocycles. The Morgan fingerprint density at radius 1 is 1.23 bits per heavy atom. The van der Waals surface area contributed by atoms with Gasteiger partial charge >= 0.3 is 0 Å². The second-order valence-corrected chi connectivity index (χ2v) is 15.0. The number of halogens is 3. The van der Waals surface area contributed by atoms with Crippen LogP contribution in [0.1, 0.15) is 67.9 Å². The summed E-state index contributed by atoms with van der Waals surface area (Å²) in [4.78, 5) is 20.2. The van der Waals surface area contributed by atoms with E-state index in [1.807, 2.05) is 13.0 Å². The molecular formula is C39H49Cl2FN8O2. The SMILES string of the molecule is C1NC2CC1C2.CN(N)/C=C(\N)CO.Cc1nc2c(F)c(-c3cccc(Cl)c3Cl)c(CCC#N)cc2c2[nH]c(C3CCCN3C)cc12.O=CC1CC1. The van der Waals surface area contributed by atoms with Crippen LogP contribution in [0.25, 0.3) is 32.9 Å². The van der Waals surface area contributed by atoms with Gasteiger partial charge in [-0.25, -0.2) is 15.2 Å². The summed E-state index contributed by atoms with van der Waals surface area (Å²) in [5.74, 6) is 6.23. The van der Waals surface area contributed by atoms with Gasteiger partial charge in [-0.05, 0) is 102 Å². The number of carbonyl (C=O) groups is 1. The van der Waals surface area contributed by atoms with Gasteiger partial charge in [-0.3, -0.25) is 4.90 Å². The number of hydrogen-bond donors (Lipinski definition) is 5. The molecule has 5 heterocycles. The van der Waals surface area contributed by atoms with Crippen molar-refractivity contribution in [2.45, 2.75) is 70.4 Å². The zero-order valence-corrected chi connectivity index (χ0v) is 31.6. The summed E-state index contributed by atoms with van der Waals surface area (Å²) in [6.07, 6.45) is 10.6. The number of hydrazine groups is 1. The quantitative estimate of drug-likeness (QED) is 0.0769. The van der Waals surface area contributed by atoms with Crippen molar-refractivity contribution in [1.82, 2.24) is 25.2 Å². The third kappa shape index (κ3) is 9.42. The van der Waals surface area contributed by atoms with Gasteiger partial charge in [0.05, 0.1) is 33.9 Å². The van der Waals surface area contributed by atoms with Crippen LogP contribution in [0, 0.1) is 35.9 Å². The molecule has 0 spiro atoms. The number of hydrogen-bond acceptors (Lipinski definition) is 9. The van der Waals surface area contributed by atoms with E-state index in [0.717, 1.165) is 78.2 Å². The first-order valence-corrected chi connectivity index (χ1v) is 18.6. The number of aldehydes is 1. The van der Waals surface area contributed by atoms with E-state index in [9.17, 15) is 10.1 Å². The van der Waals surface area contributed by atoms with E-state index in [4.69, 9.17) is 39.9 Å². The van der Waals surface area contributed by atoms with Crippen LogP contribution in [0.5, 0.6) is 0 Å². The van der Waals surface area contributed by atoms with Crippen molar-refractivity contribution in [2.75, 3.05) is 33.8 Å². The van der Waals surface area contributed by atoms with Crippen LogP contribution in [0.4, 0.5) is 4.39 Å². The molecule has 1 unspecified atom stereocenters. The van der Waals surface area contributed by atoms with E-state index in [0.29, 0.717) is 56.3 Å². The van der Waals surface area contributed by atoms with Crippen LogP contribution in [-0.4, -0.2) is 71.1 Å². The average molecular weight is 752 g/mol. The molecule has 0 radical (unpaired) electrons. The van der Waals surface area contributed by atoms with Gasteiger partial charge in [-0.15, -0.1) is 0 Å². The fraction of sp³-hybridized carbons (Fsp3) is 0.462. The molecule has 3 aliphatic heterocycles. The van der Waals surface area contributed by atoms with Crippen molar-refractivity contribution in [2.24, 2.45) is 23.4 Å². The first-order chi connectivity index (χ1) is 24.9. The summed E-state index contributed by atoms with van der Waals surface area (Å²) >= 11 is 12.7. The third-order valence-corrected chi connectivity index (χ3v) is 10.8. The Labute approximate surface area is 314 Å². The molecule has 278 valence electrons. The molecule has 2 aliphatic carbocycles. The lowest BCUT2D eigenvalue weighted by molar-refractivity contribution is -0.108. The summed E-state index contributed by atoms with van der Waals surface area (Å²) in [5, 5.41) is 24.6. The van der Waals surface area contributed by atoms with Crippen LogP contribution in [-0.2, 0) is 11.2 Å². The molecule has 0 amide bonds. The molecule has 2 bridgehead atoms. The van der Waals surface area contributed by atoms with Crippen LogP contribution < -0.4 is 16.9 Å². The fourth-order valence-corrected chi connectivity index (χ4v) is 7.38. The van der Waals surface area contributed by atoms with E-state index in [1.165, 1.54) is 30.6 Å². The van der Waals surface area contributed by atoms with Gasteiger partial charge in [-0.2, -0.15) is 5.26 Å². The van der Waals surface area contributed by atoms with Crippen molar-refractivity contribution < 1.29 is 14.3 Å². The van der Waals surface area contributed by atoms with Crippen molar-refractivity contribution in [3.8, 4) is 17.2 Å². The number of aliphatic hydroxyl groups excluding tert-OH is 1. The van der Waals surface area contributed by atoms with E-state index < -0.39 is 5.82 Å². The lowest BCUT2D eigenvalue weighted by Gasteiger charge is -2.19. The third-order valence-electron chi connectivity index (χ3n) is 10.0. The Morgan fingerprint density at radius 2 is 1.98 bits per heavy atom. The molecule has 2 saturated carbocycles. The topological polar surface area (TPSA) is 160 Å². The van der Waals surface area contributed by atoms with E-state index in [1.54, 1.807) is 25.2 Å². The second kappa shape index (κ2) is 17.8. The monoisotopic (exact) mass is 750 g/mol. The van der Waals surface area contributed by atoms with Crippen molar-refractivity contribution in [1.29, 1.82) is 5.26 Å². The number of aromatic amines is 1. The summed E-state index contributed by atoms with van der Waals surface area (Å²) in [7, 11) is 3.76. The number of carbonyl (C=O) groups excluding carboxylic acids is 1. The van der Waals surface area contributed by atoms with Crippen molar-refractivity contribution in [3.05, 3.63) is 75.0 Å². The Morgan fingerprint density at radius 3 is 2.48 bits per heavy atom. The molecule has 5 aliphatic rings. The normalized spacial score (nSPS) is 20.5. The van der Waals surface area contributed by atoms with E-state index in [2.05, 4.69) is 39.4 Å². The summed E-state index contributed by atoms with van der Waals surface area (Å²) in [5.41, 5.74) is 10.2. The molecule has 10 nitrogen and oxygen atoms in total. The molecule has 7 N–H and O–H groups in total. The number of aryl methyl sites for hydroxylation is 2. The maximum absolute atomic E-state index is 16.2. The molecule has 3 saturated heterocycles. The number of fused-ring (bicyclic) bond motifs is 4. The van der Waals surface area contributed by atoms with Gasteiger partial charge in [0.25, 0.3) is 0 Å². The minimum Gasteiger partial charge on any atom is -0.399 e. The second-order valence-electron chi connectivity index (χ2n) is 14.2. The average Bonchev–Trinajstić information content (AvgIpc) is 3.48. The zero-order chi connectivity index (χ0) is 37.5. The van der Waals surface area contributed by atoms with Gasteiger partial charge in [0.15, 0.2) is 5.82 Å². The summed E-state index contributed by atoms with van der Waals surface area (Å²) in [6.45, 7) is 4.13. The number of aliphatic hydroxyl groups is 1. The summed E-state index contributed by atoms with van der Waals surface area (Å²) < 4.78 is 16.2. The number of nitrogens with two attached hydrogens (primary N) is 2. The predicted octanol–water partition coefficient (Wildman–Crippen LogP) is 6.91. The Bertz CT molecular complexity index is 1940. The molecule has 9 rings (SSSR count). The zero-order valence-electron chi connectivity index (χ0n) is 30.1.